The quantitative estimate of drug-likeness (QED) is 0.745. The van der Waals surface area contributed by atoms with Gasteiger partial charge < -0.3 is 5.73 Å². The lowest BCUT2D eigenvalue weighted by molar-refractivity contribution is 1.07. The SMILES string of the molecule is Cc1ccnc2c1nc(N)n2-c1ccc(C#N)cc1Br. The number of pyridine rings is 1. The second-order valence-corrected chi connectivity index (χ2v) is 5.24. The summed E-state index contributed by atoms with van der Waals surface area (Å²) in [5.74, 6) is 0.368. The van der Waals surface area contributed by atoms with Gasteiger partial charge >= 0.3 is 0 Å². The predicted molar refractivity (Wildman–Crippen MR) is 80.4 cm³/mol. The summed E-state index contributed by atoms with van der Waals surface area (Å²) in [5, 5.41) is 8.92. The minimum Gasteiger partial charge on any atom is -0.369 e. The predicted octanol–water partition coefficient (Wildman–Crippen LogP) is 2.95. The first-order valence-corrected chi connectivity index (χ1v) is 6.70. The molecule has 0 fully saturated rings. The Kier molecular flexibility index (Phi) is 2.92. The first-order chi connectivity index (χ1) is 9.61. The van der Waals surface area contributed by atoms with E-state index in [4.69, 9.17) is 11.0 Å². The fourth-order valence-electron chi connectivity index (χ4n) is 2.11. The Balaban J connectivity index is 2.33. The molecule has 2 aromatic heterocycles. The molecule has 0 unspecified atom stereocenters. The van der Waals surface area contributed by atoms with Gasteiger partial charge in [0.1, 0.15) is 5.52 Å². The van der Waals surface area contributed by atoms with Gasteiger partial charge in [-0.15, -0.1) is 0 Å². The number of nitrogens with zero attached hydrogens (tertiary/aromatic N) is 4. The zero-order valence-electron chi connectivity index (χ0n) is 10.6. The fraction of sp³-hybridized carbons (Fsp3) is 0.0714. The molecule has 6 heteroatoms. The van der Waals surface area contributed by atoms with Crippen LogP contribution in [0.2, 0.25) is 0 Å². The summed E-state index contributed by atoms with van der Waals surface area (Å²) in [6.07, 6.45) is 1.73. The van der Waals surface area contributed by atoms with E-state index in [1.54, 1.807) is 22.9 Å². The highest BCUT2D eigenvalue weighted by Crippen LogP contribution is 2.29. The number of nitrogens with two attached hydrogens (primary N) is 1. The van der Waals surface area contributed by atoms with Crippen LogP contribution >= 0.6 is 15.9 Å². The number of imidazole rings is 1. The number of nitrogen functional groups attached to an aromatic ring is 1. The van der Waals surface area contributed by atoms with Crippen LogP contribution in [0.1, 0.15) is 11.1 Å². The van der Waals surface area contributed by atoms with Gasteiger partial charge in [0.15, 0.2) is 5.65 Å². The first kappa shape index (κ1) is 12.6. The lowest BCUT2D eigenvalue weighted by Crippen LogP contribution is -2.02. The van der Waals surface area contributed by atoms with E-state index >= 15 is 0 Å². The molecule has 1 aromatic carbocycles. The third-order valence-corrected chi connectivity index (χ3v) is 3.73. The van der Waals surface area contributed by atoms with E-state index in [0.717, 1.165) is 21.2 Å². The molecule has 2 N–H and O–H groups in total. The number of hydrogen-bond acceptors (Lipinski definition) is 4. The molecule has 0 bridgehead atoms. The Labute approximate surface area is 123 Å². The molecular weight excluding hydrogens is 318 g/mol. The van der Waals surface area contributed by atoms with E-state index in [1.807, 2.05) is 19.1 Å². The Hall–Kier alpha value is -2.39. The summed E-state index contributed by atoms with van der Waals surface area (Å²) in [4.78, 5) is 8.72. The van der Waals surface area contributed by atoms with Gasteiger partial charge in [-0.25, -0.2) is 9.97 Å². The van der Waals surface area contributed by atoms with Crippen LogP contribution in [-0.2, 0) is 0 Å². The highest BCUT2D eigenvalue weighted by Gasteiger charge is 2.15. The molecule has 0 amide bonds. The fourth-order valence-corrected chi connectivity index (χ4v) is 2.66. The molecule has 0 atom stereocenters. The number of hydrogen-bond donors (Lipinski definition) is 1. The summed E-state index contributed by atoms with van der Waals surface area (Å²) in [5.41, 5.74) is 9.90. The standard InChI is InChI=1S/C14H10BrN5/c1-8-4-5-18-13-12(8)19-14(17)20(13)11-3-2-9(7-16)6-10(11)15/h2-6H,1H3,(H2,17,19). The molecule has 0 radical (unpaired) electrons. The van der Waals surface area contributed by atoms with Crippen LogP contribution in [0.4, 0.5) is 5.95 Å². The molecule has 5 nitrogen and oxygen atoms in total. The van der Waals surface area contributed by atoms with Crippen molar-refractivity contribution in [1.29, 1.82) is 5.26 Å². The summed E-state index contributed by atoms with van der Waals surface area (Å²) in [6, 6.07) is 9.30. The lowest BCUT2D eigenvalue weighted by atomic mass is 10.2. The maximum absolute atomic E-state index is 8.92. The molecule has 0 saturated heterocycles. The van der Waals surface area contributed by atoms with Crippen molar-refractivity contribution in [3.8, 4) is 11.8 Å². The average molecular weight is 328 g/mol. The largest absolute Gasteiger partial charge is 0.369 e. The minimum atomic E-state index is 0.368. The van der Waals surface area contributed by atoms with Gasteiger partial charge in [-0.3, -0.25) is 4.57 Å². The summed E-state index contributed by atoms with van der Waals surface area (Å²) in [6.45, 7) is 1.97. The Morgan fingerprint density at radius 2 is 2.15 bits per heavy atom. The zero-order valence-corrected chi connectivity index (χ0v) is 12.2. The maximum atomic E-state index is 8.92. The van der Waals surface area contributed by atoms with Crippen molar-refractivity contribution >= 4 is 33.0 Å². The van der Waals surface area contributed by atoms with Crippen LogP contribution in [-0.4, -0.2) is 14.5 Å². The van der Waals surface area contributed by atoms with E-state index in [2.05, 4.69) is 32.0 Å². The number of aromatic nitrogens is 3. The van der Waals surface area contributed by atoms with Gasteiger partial charge in [0.2, 0.25) is 5.95 Å². The van der Waals surface area contributed by atoms with Crippen molar-refractivity contribution < 1.29 is 0 Å². The number of benzene rings is 1. The van der Waals surface area contributed by atoms with Gasteiger partial charge in [0, 0.05) is 10.7 Å². The van der Waals surface area contributed by atoms with Crippen LogP contribution in [0, 0.1) is 18.3 Å². The van der Waals surface area contributed by atoms with Gasteiger partial charge in [-0.05, 0) is 52.7 Å². The maximum Gasteiger partial charge on any atom is 0.207 e. The molecule has 0 saturated carbocycles. The molecule has 20 heavy (non-hydrogen) atoms. The van der Waals surface area contributed by atoms with Gasteiger partial charge in [-0.2, -0.15) is 5.26 Å². The zero-order chi connectivity index (χ0) is 14.3. The molecule has 0 aliphatic carbocycles. The summed E-state index contributed by atoms with van der Waals surface area (Å²) < 4.78 is 2.54. The molecular formula is C14H10BrN5. The molecule has 3 rings (SSSR count). The molecule has 0 spiro atoms. The second kappa shape index (κ2) is 4.62. The monoisotopic (exact) mass is 327 g/mol. The summed E-state index contributed by atoms with van der Waals surface area (Å²) in [7, 11) is 0. The molecule has 98 valence electrons. The number of aryl methyl sites for hydroxylation is 1. The van der Waals surface area contributed by atoms with Gasteiger partial charge in [0.05, 0.1) is 17.3 Å². The van der Waals surface area contributed by atoms with Crippen molar-refractivity contribution in [2.24, 2.45) is 0 Å². The molecule has 0 aliphatic heterocycles. The van der Waals surface area contributed by atoms with Gasteiger partial charge in [0.25, 0.3) is 0 Å². The van der Waals surface area contributed by atoms with Crippen molar-refractivity contribution in [2.45, 2.75) is 6.92 Å². The van der Waals surface area contributed by atoms with E-state index < -0.39 is 0 Å². The molecule has 0 aliphatic rings. The van der Waals surface area contributed by atoms with Crippen LogP contribution in [0.15, 0.2) is 34.9 Å². The third-order valence-electron chi connectivity index (χ3n) is 3.09. The lowest BCUT2D eigenvalue weighted by Gasteiger charge is -2.08. The van der Waals surface area contributed by atoms with Crippen LogP contribution in [0.5, 0.6) is 0 Å². The van der Waals surface area contributed by atoms with Crippen molar-refractivity contribution in [1.82, 2.24) is 14.5 Å². The van der Waals surface area contributed by atoms with Crippen molar-refractivity contribution in [3.05, 3.63) is 46.1 Å². The topological polar surface area (TPSA) is 80.5 Å². The first-order valence-electron chi connectivity index (χ1n) is 5.91. The number of anilines is 1. The minimum absolute atomic E-state index is 0.368. The normalized spacial score (nSPS) is 10.7. The summed E-state index contributed by atoms with van der Waals surface area (Å²) >= 11 is 3.46. The van der Waals surface area contributed by atoms with E-state index in [1.165, 1.54) is 0 Å². The van der Waals surface area contributed by atoms with E-state index in [-0.39, 0.29) is 0 Å². The second-order valence-electron chi connectivity index (χ2n) is 4.38. The number of nitriles is 1. The third kappa shape index (κ3) is 1.84. The highest BCUT2D eigenvalue weighted by molar-refractivity contribution is 9.10. The smallest absolute Gasteiger partial charge is 0.207 e. The Morgan fingerprint density at radius 3 is 2.85 bits per heavy atom. The molecule has 3 aromatic rings. The Morgan fingerprint density at radius 1 is 1.35 bits per heavy atom. The van der Waals surface area contributed by atoms with Crippen LogP contribution < -0.4 is 5.73 Å². The number of rotatable bonds is 1. The Bertz CT molecular complexity index is 860. The van der Waals surface area contributed by atoms with Crippen molar-refractivity contribution in [2.75, 3.05) is 5.73 Å². The van der Waals surface area contributed by atoms with E-state index in [9.17, 15) is 0 Å². The van der Waals surface area contributed by atoms with E-state index in [0.29, 0.717) is 17.2 Å². The highest BCUT2D eigenvalue weighted by atomic mass is 79.9. The number of halogens is 1. The molecule has 2 heterocycles. The number of fused-ring (bicyclic) bond motifs is 1. The van der Waals surface area contributed by atoms with Crippen LogP contribution in [0.3, 0.4) is 0 Å². The average Bonchev–Trinajstić information content (AvgIpc) is 2.77. The van der Waals surface area contributed by atoms with Gasteiger partial charge in [-0.1, -0.05) is 0 Å². The van der Waals surface area contributed by atoms with Crippen LogP contribution in [0.25, 0.3) is 16.9 Å². The van der Waals surface area contributed by atoms with Crippen molar-refractivity contribution in [3.63, 3.8) is 0 Å².